The van der Waals surface area contributed by atoms with Gasteiger partial charge in [0.05, 0.1) is 12.1 Å². The maximum absolute atomic E-state index is 11.6. The highest BCUT2D eigenvalue weighted by Crippen LogP contribution is 2.28. The number of fused-ring (bicyclic) bond motifs is 1. The van der Waals surface area contributed by atoms with Crippen molar-refractivity contribution in [2.24, 2.45) is 0 Å². The van der Waals surface area contributed by atoms with Crippen LogP contribution in [0.25, 0.3) is 10.9 Å². The first-order valence-electron chi connectivity index (χ1n) is 6.17. The van der Waals surface area contributed by atoms with Crippen LogP contribution < -0.4 is 4.74 Å². The molecule has 0 spiro atoms. The molecule has 0 bridgehead atoms. The van der Waals surface area contributed by atoms with Crippen molar-refractivity contribution in [3.8, 4) is 5.75 Å². The van der Waals surface area contributed by atoms with Gasteiger partial charge in [-0.2, -0.15) is 0 Å². The van der Waals surface area contributed by atoms with E-state index >= 15 is 0 Å². The zero-order valence-electron chi connectivity index (χ0n) is 11.2. The number of carbonyl (C=O) groups excluding carboxylic acids is 2. The lowest BCUT2D eigenvalue weighted by molar-refractivity contribution is -0.158. The van der Waals surface area contributed by atoms with E-state index in [9.17, 15) is 14.7 Å². The molecule has 0 radical (unpaired) electrons. The van der Waals surface area contributed by atoms with Crippen LogP contribution in [0.4, 0.5) is 0 Å². The number of nitrogens with zero attached hydrogens (tertiary/aromatic N) is 1. The van der Waals surface area contributed by atoms with Crippen molar-refractivity contribution >= 4 is 22.8 Å². The molecule has 20 heavy (non-hydrogen) atoms. The van der Waals surface area contributed by atoms with Crippen LogP contribution in [0.2, 0.25) is 0 Å². The predicted molar refractivity (Wildman–Crippen MR) is 71.1 cm³/mol. The summed E-state index contributed by atoms with van der Waals surface area (Å²) in [6, 6.07) is 6.70. The van der Waals surface area contributed by atoms with Gasteiger partial charge in [0.25, 0.3) is 0 Å². The maximum Gasteiger partial charge on any atom is 0.356 e. The van der Waals surface area contributed by atoms with E-state index in [1.807, 2.05) is 0 Å². The van der Waals surface area contributed by atoms with E-state index in [1.54, 1.807) is 37.4 Å². The Morgan fingerprint density at radius 2 is 2.10 bits per heavy atom. The number of carbonyl (C=O) groups is 2. The Balaban J connectivity index is 2.42. The van der Waals surface area contributed by atoms with Crippen LogP contribution in [0.1, 0.15) is 20.1 Å². The zero-order valence-corrected chi connectivity index (χ0v) is 11.2. The number of esters is 2. The Kier molecular flexibility index (Phi) is 4.05. The van der Waals surface area contributed by atoms with Crippen molar-refractivity contribution < 1.29 is 24.2 Å². The van der Waals surface area contributed by atoms with Crippen LogP contribution >= 0.6 is 0 Å². The number of rotatable bonds is 4. The largest absolute Gasteiger partial charge is 0.463 e. The third kappa shape index (κ3) is 2.65. The number of aliphatic hydroxyl groups excluding tert-OH is 1. The Hall–Kier alpha value is -2.34. The van der Waals surface area contributed by atoms with Crippen LogP contribution in [0, 0.1) is 0 Å². The van der Waals surface area contributed by atoms with Gasteiger partial charge in [-0.05, 0) is 25.1 Å². The molecular formula is C14H15NO5. The highest BCUT2D eigenvalue weighted by molar-refractivity contribution is 5.89. The summed E-state index contributed by atoms with van der Waals surface area (Å²) < 4.78 is 11.2. The summed E-state index contributed by atoms with van der Waals surface area (Å²) >= 11 is 0. The molecule has 6 nitrogen and oxygen atoms in total. The standard InChI is InChI=1S/C14H15NO5/c1-3-19-14(18)13(17)15-8-7-10-11(15)5-4-6-12(10)20-9(2)16/h4-8,13,17H,3H2,1-2H3. The van der Waals surface area contributed by atoms with E-state index in [4.69, 9.17) is 9.47 Å². The lowest BCUT2D eigenvalue weighted by Gasteiger charge is -2.13. The second kappa shape index (κ2) is 5.75. The van der Waals surface area contributed by atoms with Gasteiger partial charge in [-0.25, -0.2) is 4.79 Å². The van der Waals surface area contributed by atoms with Crippen molar-refractivity contribution in [1.29, 1.82) is 0 Å². The summed E-state index contributed by atoms with van der Waals surface area (Å²) in [6.07, 6.45) is 0.110. The summed E-state index contributed by atoms with van der Waals surface area (Å²) in [7, 11) is 0. The van der Waals surface area contributed by atoms with Gasteiger partial charge in [0.1, 0.15) is 5.75 Å². The van der Waals surface area contributed by atoms with Gasteiger partial charge >= 0.3 is 11.9 Å². The first-order valence-corrected chi connectivity index (χ1v) is 6.17. The molecule has 0 amide bonds. The molecule has 0 saturated carbocycles. The zero-order chi connectivity index (χ0) is 14.7. The highest BCUT2D eigenvalue weighted by atomic mass is 16.5. The SMILES string of the molecule is CCOC(=O)C(O)n1ccc2c(OC(C)=O)cccc21. The summed E-state index contributed by atoms with van der Waals surface area (Å²) in [5.74, 6) is -0.788. The molecule has 1 aromatic carbocycles. The van der Waals surface area contributed by atoms with Crippen molar-refractivity contribution in [3.63, 3.8) is 0 Å². The molecule has 0 aliphatic carbocycles. The van der Waals surface area contributed by atoms with Crippen LogP contribution in [-0.4, -0.2) is 28.2 Å². The Labute approximate surface area is 115 Å². The van der Waals surface area contributed by atoms with Gasteiger partial charge in [0.15, 0.2) is 0 Å². The third-order valence-electron chi connectivity index (χ3n) is 2.74. The van der Waals surface area contributed by atoms with E-state index in [-0.39, 0.29) is 6.61 Å². The number of ether oxygens (including phenoxy) is 2. The van der Waals surface area contributed by atoms with E-state index in [0.717, 1.165) is 0 Å². The van der Waals surface area contributed by atoms with Crippen LogP contribution in [0.15, 0.2) is 30.5 Å². The van der Waals surface area contributed by atoms with Crippen LogP contribution in [0.3, 0.4) is 0 Å². The second-order valence-electron chi connectivity index (χ2n) is 4.13. The molecule has 1 N–H and O–H groups in total. The fourth-order valence-corrected chi connectivity index (χ4v) is 1.95. The van der Waals surface area contributed by atoms with Crippen molar-refractivity contribution in [2.45, 2.75) is 20.1 Å². The predicted octanol–water partition coefficient (Wildman–Crippen LogP) is 1.62. The first-order chi connectivity index (χ1) is 9.54. The minimum absolute atomic E-state index is 0.188. The van der Waals surface area contributed by atoms with E-state index in [0.29, 0.717) is 16.7 Å². The molecule has 0 fully saturated rings. The molecule has 1 atom stereocenters. The Morgan fingerprint density at radius 1 is 1.35 bits per heavy atom. The summed E-state index contributed by atoms with van der Waals surface area (Å²) in [6.45, 7) is 3.16. The molecule has 2 rings (SSSR count). The lowest BCUT2D eigenvalue weighted by Crippen LogP contribution is -2.20. The minimum Gasteiger partial charge on any atom is -0.463 e. The van der Waals surface area contributed by atoms with Crippen LogP contribution in [0.5, 0.6) is 5.75 Å². The van der Waals surface area contributed by atoms with Gasteiger partial charge in [-0.3, -0.25) is 4.79 Å². The minimum atomic E-state index is -1.43. The number of hydrogen-bond donors (Lipinski definition) is 1. The molecule has 0 saturated heterocycles. The number of aliphatic hydroxyl groups is 1. The van der Waals surface area contributed by atoms with Gasteiger partial charge in [0, 0.05) is 18.5 Å². The second-order valence-corrected chi connectivity index (χ2v) is 4.13. The summed E-state index contributed by atoms with van der Waals surface area (Å²) in [5.41, 5.74) is 0.573. The molecule has 106 valence electrons. The normalized spacial score (nSPS) is 12.2. The highest BCUT2D eigenvalue weighted by Gasteiger charge is 2.20. The average molecular weight is 277 g/mol. The van der Waals surface area contributed by atoms with E-state index in [1.165, 1.54) is 11.5 Å². The smallest absolute Gasteiger partial charge is 0.356 e. The summed E-state index contributed by atoms with van der Waals surface area (Å²) in [5, 5.41) is 10.6. The quantitative estimate of drug-likeness (QED) is 0.678. The molecular weight excluding hydrogens is 262 g/mol. The molecule has 1 unspecified atom stereocenters. The van der Waals surface area contributed by atoms with Gasteiger partial charge in [0.2, 0.25) is 6.23 Å². The monoisotopic (exact) mass is 277 g/mol. The molecule has 2 aromatic rings. The van der Waals surface area contributed by atoms with E-state index in [2.05, 4.69) is 0 Å². The lowest BCUT2D eigenvalue weighted by atomic mass is 10.2. The molecule has 1 aromatic heterocycles. The van der Waals surface area contributed by atoms with Crippen molar-refractivity contribution in [2.75, 3.05) is 6.61 Å². The Bertz CT molecular complexity index is 646. The van der Waals surface area contributed by atoms with Crippen molar-refractivity contribution in [1.82, 2.24) is 4.57 Å². The maximum atomic E-state index is 11.6. The third-order valence-corrected chi connectivity index (χ3v) is 2.74. The topological polar surface area (TPSA) is 77.8 Å². The molecule has 0 aliphatic heterocycles. The first kappa shape index (κ1) is 14.1. The number of benzene rings is 1. The number of hydrogen-bond acceptors (Lipinski definition) is 5. The molecule has 1 heterocycles. The van der Waals surface area contributed by atoms with E-state index < -0.39 is 18.2 Å². The fourth-order valence-electron chi connectivity index (χ4n) is 1.95. The summed E-state index contributed by atoms with van der Waals surface area (Å²) in [4.78, 5) is 22.6. The molecule has 0 aliphatic rings. The van der Waals surface area contributed by atoms with Crippen LogP contribution in [-0.2, 0) is 14.3 Å². The van der Waals surface area contributed by atoms with Gasteiger partial charge in [-0.1, -0.05) is 6.07 Å². The molecule has 6 heteroatoms. The average Bonchev–Trinajstić information content (AvgIpc) is 2.82. The number of aromatic nitrogens is 1. The van der Waals surface area contributed by atoms with Crippen molar-refractivity contribution in [3.05, 3.63) is 30.5 Å². The Morgan fingerprint density at radius 3 is 2.75 bits per heavy atom. The van der Waals surface area contributed by atoms with Gasteiger partial charge in [-0.15, -0.1) is 0 Å². The van der Waals surface area contributed by atoms with Gasteiger partial charge < -0.3 is 19.1 Å². The fraction of sp³-hybridized carbons (Fsp3) is 0.286.